The Hall–Kier alpha value is -2.69. The Labute approximate surface area is 102 Å². The lowest BCUT2D eigenvalue weighted by molar-refractivity contribution is 0.0689. The third-order valence-corrected chi connectivity index (χ3v) is 2.64. The van der Waals surface area contributed by atoms with Crippen LogP contribution in [-0.2, 0) is 0 Å². The molecule has 5 nitrogen and oxygen atoms in total. The summed E-state index contributed by atoms with van der Waals surface area (Å²) >= 11 is 0. The number of benzene rings is 1. The summed E-state index contributed by atoms with van der Waals surface area (Å²) in [5, 5.41) is 17.2. The molecule has 0 saturated carbocycles. The molecule has 1 N–H and O–H groups in total. The van der Waals surface area contributed by atoms with Crippen LogP contribution < -0.4 is 0 Å². The van der Waals surface area contributed by atoms with Crippen LogP contribution in [0, 0.1) is 0 Å². The van der Waals surface area contributed by atoms with Crippen molar-refractivity contribution >= 4 is 16.9 Å². The van der Waals surface area contributed by atoms with E-state index in [-0.39, 0.29) is 5.69 Å². The zero-order valence-electron chi connectivity index (χ0n) is 9.20. The van der Waals surface area contributed by atoms with Crippen LogP contribution in [-0.4, -0.2) is 21.3 Å². The standard InChI is InChI=1S/C13H8N2O3/c16-13(17)11-6-5-10(14-15-11)9-7-18-12-4-2-1-3-8(9)12/h1-7H,(H,16,17). The number of carbonyl (C=O) groups is 1. The summed E-state index contributed by atoms with van der Waals surface area (Å²) in [7, 11) is 0. The molecule has 2 heterocycles. The van der Waals surface area contributed by atoms with Crippen molar-refractivity contribution < 1.29 is 14.3 Å². The third-order valence-electron chi connectivity index (χ3n) is 2.64. The van der Waals surface area contributed by atoms with Crippen LogP contribution in [0.1, 0.15) is 10.5 Å². The molecule has 0 spiro atoms. The molecule has 0 radical (unpaired) electrons. The van der Waals surface area contributed by atoms with E-state index >= 15 is 0 Å². The summed E-state index contributed by atoms with van der Waals surface area (Å²) in [6.07, 6.45) is 1.59. The Morgan fingerprint density at radius 1 is 1.11 bits per heavy atom. The maximum atomic E-state index is 10.7. The predicted octanol–water partition coefficient (Wildman–Crippen LogP) is 2.59. The molecule has 0 unspecified atom stereocenters. The Kier molecular flexibility index (Phi) is 2.30. The number of hydrogen-bond acceptors (Lipinski definition) is 4. The zero-order valence-corrected chi connectivity index (χ0v) is 9.20. The fourth-order valence-corrected chi connectivity index (χ4v) is 1.77. The molecule has 88 valence electrons. The third kappa shape index (κ3) is 1.62. The minimum atomic E-state index is -1.09. The average Bonchev–Trinajstić information content (AvgIpc) is 2.82. The molecule has 1 aromatic carbocycles. The summed E-state index contributed by atoms with van der Waals surface area (Å²) < 4.78 is 5.40. The minimum absolute atomic E-state index is 0.0773. The maximum Gasteiger partial charge on any atom is 0.356 e. The first-order valence-electron chi connectivity index (χ1n) is 5.29. The number of hydrogen-bond donors (Lipinski definition) is 1. The Morgan fingerprint density at radius 3 is 2.67 bits per heavy atom. The van der Waals surface area contributed by atoms with E-state index in [1.165, 1.54) is 6.07 Å². The first-order chi connectivity index (χ1) is 8.75. The largest absolute Gasteiger partial charge is 0.476 e. The van der Waals surface area contributed by atoms with E-state index in [0.717, 1.165) is 16.5 Å². The minimum Gasteiger partial charge on any atom is -0.476 e. The predicted molar refractivity (Wildman–Crippen MR) is 64.2 cm³/mol. The number of carboxylic acids is 1. The van der Waals surface area contributed by atoms with Crippen LogP contribution in [0.2, 0.25) is 0 Å². The molecule has 0 bridgehead atoms. The molecule has 0 aliphatic heterocycles. The van der Waals surface area contributed by atoms with E-state index < -0.39 is 5.97 Å². The van der Waals surface area contributed by atoms with Crippen molar-refractivity contribution in [1.29, 1.82) is 0 Å². The van der Waals surface area contributed by atoms with Gasteiger partial charge in [-0.2, -0.15) is 0 Å². The lowest BCUT2D eigenvalue weighted by atomic mass is 10.1. The van der Waals surface area contributed by atoms with Gasteiger partial charge in [-0.05, 0) is 18.2 Å². The number of rotatable bonds is 2. The summed E-state index contributed by atoms with van der Waals surface area (Å²) in [6, 6.07) is 10.6. The molecule has 0 aliphatic rings. The lowest BCUT2D eigenvalue weighted by Gasteiger charge is -1.97. The number of furan rings is 1. The van der Waals surface area contributed by atoms with Gasteiger partial charge in [0, 0.05) is 10.9 Å². The molecule has 0 atom stereocenters. The molecule has 2 aromatic heterocycles. The van der Waals surface area contributed by atoms with Gasteiger partial charge in [-0.1, -0.05) is 18.2 Å². The maximum absolute atomic E-state index is 10.7. The van der Waals surface area contributed by atoms with E-state index in [1.807, 2.05) is 24.3 Å². The van der Waals surface area contributed by atoms with Gasteiger partial charge < -0.3 is 9.52 Å². The molecular weight excluding hydrogens is 232 g/mol. The highest BCUT2D eigenvalue weighted by Gasteiger charge is 2.11. The molecule has 5 heteroatoms. The van der Waals surface area contributed by atoms with Gasteiger partial charge in [-0.3, -0.25) is 0 Å². The highest BCUT2D eigenvalue weighted by molar-refractivity contribution is 5.93. The molecule has 0 amide bonds. The number of aromatic nitrogens is 2. The van der Waals surface area contributed by atoms with Crippen LogP contribution in [0.15, 0.2) is 47.1 Å². The van der Waals surface area contributed by atoms with Crippen molar-refractivity contribution in [2.24, 2.45) is 0 Å². The number of para-hydroxylation sites is 1. The van der Waals surface area contributed by atoms with Gasteiger partial charge in [-0.15, -0.1) is 10.2 Å². The SMILES string of the molecule is O=C(O)c1ccc(-c2coc3ccccc23)nn1. The Balaban J connectivity index is 2.12. The molecule has 18 heavy (non-hydrogen) atoms. The summed E-state index contributed by atoms with van der Waals surface area (Å²) in [4.78, 5) is 10.7. The van der Waals surface area contributed by atoms with Crippen molar-refractivity contribution in [2.45, 2.75) is 0 Å². The first kappa shape index (κ1) is 10.5. The van der Waals surface area contributed by atoms with Gasteiger partial charge >= 0.3 is 5.97 Å². The molecule has 0 saturated heterocycles. The van der Waals surface area contributed by atoms with E-state index in [9.17, 15) is 4.79 Å². The monoisotopic (exact) mass is 240 g/mol. The van der Waals surface area contributed by atoms with Crippen molar-refractivity contribution in [1.82, 2.24) is 10.2 Å². The summed E-state index contributed by atoms with van der Waals surface area (Å²) in [5.41, 5.74) is 2.07. The van der Waals surface area contributed by atoms with E-state index in [2.05, 4.69) is 10.2 Å². The zero-order chi connectivity index (χ0) is 12.5. The normalized spacial score (nSPS) is 10.7. The van der Waals surface area contributed by atoms with Crippen molar-refractivity contribution in [3.8, 4) is 11.3 Å². The van der Waals surface area contributed by atoms with Gasteiger partial charge in [0.25, 0.3) is 0 Å². The smallest absolute Gasteiger partial charge is 0.356 e. The van der Waals surface area contributed by atoms with Crippen LogP contribution in [0.25, 0.3) is 22.2 Å². The number of carboxylic acid groups (broad SMARTS) is 1. The van der Waals surface area contributed by atoms with Gasteiger partial charge in [0.05, 0.1) is 5.69 Å². The van der Waals surface area contributed by atoms with Crippen molar-refractivity contribution in [3.05, 3.63) is 48.4 Å². The number of nitrogens with zero attached hydrogens (tertiary/aromatic N) is 2. The molecular formula is C13H8N2O3. The Bertz CT molecular complexity index is 716. The molecule has 0 aliphatic carbocycles. The van der Waals surface area contributed by atoms with Gasteiger partial charge in [0.15, 0.2) is 5.69 Å². The van der Waals surface area contributed by atoms with Crippen molar-refractivity contribution in [2.75, 3.05) is 0 Å². The first-order valence-corrected chi connectivity index (χ1v) is 5.29. The van der Waals surface area contributed by atoms with Crippen molar-refractivity contribution in [3.63, 3.8) is 0 Å². The van der Waals surface area contributed by atoms with Crippen LogP contribution in [0.4, 0.5) is 0 Å². The van der Waals surface area contributed by atoms with Crippen LogP contribution in [0.5, 0.6) is 0 Å². The number of aromatic carboxylic acids is 1. The van der Waals surface area contributed by atoms with Gasteiger partial charge in [0.1, 0.15) is 11.8 Å². The number of fused-ring (bicyclic) bond motifs is 1. The molecule has 3 aromatic rings. The highest BCUT2D eigenvalue weighted by Crippen LogP contribution is 2.28. The molecule has 0 fully saturated rings. The van der Waals surface area contributed by atoms with Gasteiger partial charge in [0.2, 0.25) is 0 Å². The summed E-state index contributed by atoms with van der Waals surface area (Å²) in [5.74, 6) is -1.09. The van der Waals surface area contributed by atoms with E-state index in [0.29, 0.717) is 5.69 Å². The second-order valence-corrected chi connectivity index (χ2v) is 3.75. The Morgan fingerprint density at radius 2 is 1.94 bits per heavy atom. The summed E-state index contributed by atoms with van der Waals surface area (Å²) in [6.45, 7) is 0. The topological polar surface area (TPSA) is 76.2 Å². The second-order valence-electron chi connectivity index (χ2n) is 3.75. The van der Waals surface area contributed by atoms with E-state index in [4.69, 9.17) is 9.52 Å². The molecule has 3 rings (SSSR count). The highest BCUT2D eigenvalue weighted by atomic mass is 16.4. The van der Waals surface area contributed by atoms with E-state index in [1.54, 1.807) is 12.3 Å². The lowest BCUT2D eigenvalue weighted by Crippen LogP contribution is -2.01. The van der Waals surface area contributed by atoms with Crippen LogP contribution in [0.3, 0.4) is 0 Å². The second kappa shape index (κ2) is 3.96. The fourth-order valence-electron chi connectivity index (χ4n) is 1.77. The van der Waals surface area contributed by atoms with Crippen LogP contribution >= 0.6 is 0 Å². The average molecular weight is 240 g/mol. The van der Waals surface area contributed by atoms with Gasteiger partial charge in [-0.25, -0.2) is 4.79 Å². The quantitative estimate of drug-likeness (QED) is 0.745. The fraction of sp³-hybridized carbons (Fsp3) is 0.